The average Bonchev–Trinajstić information content (AvgIpc) is 3.34. The summed E-state index contributed by atoms with van der Waals surface area (Å²) >= 11 is 0. The summed E-state index contributed by atoms with van der Waals surface area (Å²) in [5.74, 6) is -0.582. The topological polar surface area (TPSA) is 56.4 Å². The summed E-state index contributed by atoms with van der Waals surface area (Å²) in [6.07, 6.45) is 4.30. The molecule has 1 N–H and O–H groups in total. The van der Waals surface area contributed by atoms with Crippen molar-refractivity contribution in [3.8, 4) is 0 Å². The van der Waals surface area contributed by atoms with E-state index in [1.807, 2.05) is 55.6 Å². The van der Waals surface area contributed by atoms with Crippen molar-refractivity contribution in [2.24, 2.45) is 0 Å². The lowest BCUT2D eigenvalue weighted by Crippen LogP contribution is -2.43. The number of benzene rings is 3. The molecule has 0 atom stereocenters. The second-order valence-corrected chi connectivity index (χ2v) is 9.33. The minimum absolute atomic E-state index is 0.00270. The zero-order chi connectivity index (χ0) is 26.2. The Bertz CT molecular complexity index is 1330. The Kier molecular flexibility index (Phi) is 8.72. The molecule has 4 rings (SSSR count). The number of nitrogens with one attached hydrogen (secondary N) is 1. The van der Waals surface area contributed by atoms with E-state index in [0.717, 1.165) is 40.4 Å². The maximum Gasteiger partial charge on any atom is 0.254 e. The molecule has 0 bridgehead atoms. The largest absolute Gasteiger partial charge is 0.361 e. The average molecular weight is 500 g/mol. The van der Waals surface area contributed by atoms with E-state index >= 15 is 0 Å². The monoisotopic (exact) mass is 499 g/mol. The molecule has 192 valence electrons. The Morgan fingerprint density at radius 1 is 0.838 bits per heavy atom. The van der Waals surface area contributed by atoms with Crippen molar-refractivity contribution in [3.05, 3.63) is 107 Å². The molecule has 4 aromatic rings. The van der Waals surface area contributed by atoms with Crippen LogP contribution in [0.3, 0.4) is 0 Å². The number of aromatic amines is 1. The van der Waals surface area contributed by atoms with E-state index in [-0.39, 0.29) is 24.2 Å². The normalized spacial score (nSPS) is 11.0. The van der Waals surface area contributed by atoms with E-state index in [2.05, 4.69) is 18.0 Å². The van der Waals surface area contributed by atoms with Gasteiger partial charge in [0.1, 0.15) is 12.4 Å². The number of para-hydroxylation sites is 1. The van der Waals surface area contributed by atoms with Gasteiger partial charge in [-0.25, -0.2) is 4.39 Å². The van der Waals surface area contributed by atoms with E-state index in [1.54, 1.807) is 21.9 Å². The quantitative estimate of drug-likeness (QED) is 0.275. The molecule has 1 aromatic heterocycles. The predicted molar refractivity (Wildman–Crippen MR) is 146 cm³/mol. The molecular formula is C31H34FN3O2. The number of rotatable bonds is 11. The summed E-state index contributed by atoms with van der Waals surface area (Å²) in [7, 11) is 0. The maximum absolute atomic E-state index is 13.6. The third kappa shape index (κ3) is 6.64. The molecule has 0 fully saturated rings. The number of aryl methyl sites for hydroxylation is 1. The molecule has 0 aliphatic carbocycles. The van der Waals surface area contributed by atoms with E-state index < -0.39 is 0 Å². The minimum Gasteiger partial charge on any atom is -0.361 e. The molecule has 0 saturated heterocycles. The van der Waals surface area contributed by atoms with Crippen LogP contribution in [0.15, 0.2) is 79.0 Å². The molecule has 0 unspecified atom stereocenters. The first-order chi connectivity index (χ1) is 18.0. The Morgan fingerprint density at radius 2 is 1.54 bits per heavy atom. The van der Waals surface area contributed by atoms with Crippen molar-refractivity contribution in [1.29, 1.82) is 0 Å². The van der Waals surface area contributed by atoms with Crippen LogP contribution in [0.5, 0.6) is 0 Å². The number of nitrogens with zero attached hydrogens (tertiary/aromatic N) is 2. The molecule has 2 amide bonds. The first kappa shape index (κ1) is 26.1. The van der Waals surface area contributed by atoms with Gasteiger partial charge in [-0.05, 0) is 66.3 Å². The van der Waals surface area contributed by atoms with E-state index in [1.165, 1.54) is 12.1 Å². The Hall–Kier alpha value is -3.93. The van der Waals surface area contributed by atoms with Crippen molar-refractivity contribution in [2.45, 2.75) is 39.7 Å². The van der Waals surface area contributed by atoms with E-state index in [4.69, 9.17) is 0 Å². The first-order valence-electron chi connectivity index (χ1n) is 12.9. The van der Waals surface area contributed by atoms with Crippen LogP contribution in [0.25, 0.3) is 10.9 Å². The number of carbonyl (C=O) groups is 2. The molecule has 0 aliphatic rings. The number of halogens is 1. The van der Waals surface area contributed by atoms with Crippen LogP contribution < -0.4 is 0 Å². The Labute approximate surface area is 217 Å². The highest BCUT2D eigenvalue weighted by atomic mass is 19.1. The number of fused-ring (bicyclic) bond motifs is 1. The third-order valence-corrected chi connectivity index (χ3v) is 6.68. The van der Waals surface area contributed by atoms with Gasteiger partial charge in [0, 0.05) is 42.3 Å². The van der Waals surface area contributed by atoms with Crippen LogP contribution in [0, 0.1) is 5.82 Å². The minimum atomic E-state index is -0.311. The molecule has 0 saturated carbocycles. The number of amides is 2. The number of carbonyl (C=O) groups excluding carboxylic acids is 2. The number of H-pyrrole nitrogens is 1. The molecule has 3 aromatic carbocycles. The summed E-state index contributed by atoms with van der Waals surface area (Å²) in [5, 5.41) is 1.13. The fourth-order valence-electron chi connectivity index (χ4n) is 4.55. The molecule has 6 heteroatoms. The summed E-state index contributed by atoms with van der Waals surface area (Å²) < 4.78 is 13.5. The van der Waals surface area contributed by atoms with Gasteiger partial charge in [0.2, 0.25) is 5.91 Å². The van der Waals surface area contributed by atoms with Crippen molar-refractivity contribution in [3.63, 3.8) is 0 Å². The summed E-state index contributed by atoms with van der Waals surface area (Å²) in [5.41, 5.74) is 4.78. The molecule has 0 spiro atoms. The lowest BCUT2D eigenvalue weighted by atomic mass is 10.1. The van der Waals surface area contributed by atoms with Crippen LogP contribution in [-0.4, -0.2) is 46.2 Å². The van der Waals surface area contributed by atoms with E-state index in [9.17, 15) is 14.0 Å². The molecule has 37 heavy (non-hydrogen) atoms. The summed E-state index contributed by atoms with van der Waals surface area (Å²) in [6, 6.07) is 21.9. The van der Waals surface area contributed by atoms with Crippen molar-refractivity contribution in [1.82, 2.24) is 14.8 Å². The predicted octanol–water partition coefficient (Wildman–Crippen LogP) is 5.99. The fourth-order valence-corrected chi connectivity index (χ4v) is 4.55. The zero-order valence-corrected chi connectivity index (χ0v) is 21.5. The smallest absolute Gasteiger partial charge is 0.254 e. The van der Waals surface area contributed by atoms with Crippen molar-refractivity contribution in [2.75, 3.05) is 19.6 Å². The molecule has 1 heterocycles. The van der Waals surface area contributed by atoms with Crippen LogP contribution in [0.1, 0.15) is 47.3 Å². The third-order valence-electron chi connectivity index (χ3n) is 6.68. The second-order valence-electron chi connectivity index (χ2n) is 9.33. The van der Waals surface area contributed by atoms with Gasteiger partial charge in [0.05, 0.1) is 0 Å². The standard InChI is InChI=1S/C31H34FN3O2/c1-3-18-35(31(37)25-13-9-23(4-2)10-14-25)22-30(36)34(21-24-11-15-27(32)16-12-24)19-17-26-20-33-29-8-6-5-7-28(26)29/h5-16,20,33H,3-4,17-19,21-22H2,1-2H3. The van der Waals surface area contributed by atoms with Gasteiger partial charge in [-0.15, -0.1) is 0 Å². The van der Waals surface area contributed by atoms with Crippen LogP contribution in [-0.2, 0) is 24.2 Å². The van der Waals surface area contributed by atoms with Gasteiger partial charge >= 0.3 is 0 Å². The van der Waals surface area contributed by atoms with Gasteiger partial charge < -0.3 is 14.8 Å². The second kappa shape index (κ2) is 12.3. The summed E-state index contributed by atoms with van der Waals surface area (Å²) in [4.78, 5) is 33.6. The SMILES string of the molecule is CCCN(CC(=O)N(CCc1c[nH]c2ccccc12)Cc1ccc(F)cc1)C(=O)c1ccc(CC)cc1. The molecular weight excluding hydrogens is 465 g/mol. The van der Waals surface area contributed by atoms with Crippen molar-refractivity contribution >= 4 is 22.7 Å². The van der Waals surface area contributed by atoms with Crippen molar-refractivity contribution < 1.29 is 14.0 Å². The number of hydrogen-bond donors (Lipinski definition) is 1. The van der Waals surface area contributed by atoms with Gasteiger partial charge in [0.25, 0.3) is 5.91 Å². The fraction of sp³-hybridized carbons (Fsp3) is 0.290. The molecule has 5 nitrogen and oxygen atoms in total. The van der Waals surface area contributed by atoms with Gasteiger partial charge in [-0.3, -0.25) is 9.59 Å². The lowest BCUT2D eigenvalue weighted by molar-refractivity contribution is -0.132. The first-order valence-corrected chi connectivity index (χ1v) is 12.9. The highest BCUT2D eigenvalue weighted by Gasteiger charge is 2.22. The highest BCUT2D eigenvalue weighted by Crippen LogP contribution is 2.19. The van der Waals surface area contributed by atoms with E-state index in [0.29, 0.717) is 31.6 Å². The Morgan fingerprint density at radius 3 is 2.24 bits per heavy atom. The summed E-state index contributed by atoms with van der Waals surface area (Å²) in [6.45, 7) is 5.39. The number of aromatic nitrogens is 1. The Balaban J connectivity index is 1.52. The van der Waals surface area contributed by atoms with Gasteiger partial charge in [-0.2, -0.15) is 0 Å². The maximum atomic E-state index is 13.6. The van der Waals surface area contributed by atoms with Crippen LogP contribution >= 0.6 is 0 Å². The van der Waals surface area contributed by atoms with Gasteiger partial charge in [0.15, 0.2) is 0 Å². The molecule has 0 radical (unpaired) electrons. The molecule has 0 aliphatic heterocycles. The lowest BCUT2D eigenvalue weighted by Gasteiger charge is -2.28. The highest BCUT2D eigenvalue weighted by molar-refractivity contribution is 5.96. The van der Waals surface area contributed by atoms with Gasteiger partial charge in [-0.1, -0.05) is 56.3 Å². The number of hydrogen-bond acceptors (Lipinski definition) is 2. The van der Waals surface area contributed by atoms with Crippen LogP contribution in [0.2, 0.25) is 0 Å². The zero-order valence-electron chi connectivity index (χ0n) is 21.5. The van der Waals surface area contributed by atoms with Crippen LogP contribution in [0.4, 0.5) is 4.39 Å².